The predicted octanol–water partition coefficient (Wildman–Crippen LogP) is 2.34. The highest BCUT2D eigenvalue weighted by molar-refractivity contribution is 5.98. The lowest BCUT2D eigenvalue weighted by Crippen LogP contribution is -3.11. The first-order valence-corrected chi connectivity index (χ1v) is 12.1. The summed E-state index contributed by atoms with van der Waals surface area (Å²) in [5, 5.41) is 14.0. The van der Waals surface area contributed by atoms with E-state index in [1.165, 1.54) is 4.90 Å². The van der Waals surface area contributed by atoms with E-state index in [0.29, 0.717) is 36.8 Å². The highest BCUT2D eigenvalue weighted by Crippen LogP contribution is 2.33. The number of alkyl halides is 3. The predicted molar refractivity (Wildman–Crippen MR) is 124 cm³/mol. The number of fused-ring (bicyclic) bond motifs is 1. The summed E-state index contributed by atoms with van der Waals surface area (Å²) in [7, 11) is 0. The third kappa shape index (κ3) is 6.55. The fourth-order valence-corrected chi connectivity index (χ4v) is 4.60. The minimum atomic E-state index is -4.48. The van der Waals surface area contributed by atoms with Crippen LogP contribution in [0.25, 0.3) is 0 Å². The van der Waals surface area contributed by atoms with Crippen molar-refractivity contribution in [1.82, 2.24) is 5.32 Å². The molecule has 194 valence electrons. The lowest BCUT2D eigenvalue weighted by Gasteiger charge is -2.27. The van der Waals surface area contributed by atoms with E-state index in [1.807, 2.05) is 0 Å². The van der Waals surface area contributed by atoms with Gasteiger partial charge in [-0.3, -0.25) is 9.59 Å². The Bertz CT molecular complexity index is 1070. The van der Waals surface area contributed by atoms with Gasteiger partial charge in [0.15, 0.2) is 17.3 Å². The number of ether oxygens (including phenoxy) is 2. The van der Waals surface area contributed by atoms with Crippen molar-refractivity contribution >= 4 is 11.7 Å². The zero-order valence-corrected chi connectivity index (χ0v) is 19.8. The molecule has 0 radical (unpaired) electrons. The molecule has 10 heteroatoms. The first-order chi connectivity index (χ1) is 17.2. The van der Waals surface area contributed by atoms with Crippen molar-refractivity contribution in [2.24, 2.45) is 0 Å². The molecule has 3 N–H and O–H groups in total. The Labute approximate surface area is 207 Å². The van der Waals surface area contributed by atoms with Crippen molar-refractivity contribution < 1.29 is 42.2 Å². The van der Waals surface area contributed by atoms with Crippen molar-refractivity contribution in [2.75, 3.05) is 32.8 Å². The Morgan fingerprint density at radius 2 is 1.64 bits per heavy atom. The summed E-state index contributed by atoms with van der Waals surface area (Å²) in [6, 6.07) is 8.54. The Balaban J connectivity index is 1.39. The maximum atomic E-state index is 12.7. The second-order valence-electron chi connectivity index (χ2n) is 9.18. The van der Waals surface area contributed by atoms with Gasteiger partial charge in [-0.05, 0) is 29.8 Å². The van der Waals surface area contributed by atoms with Gasteiger partial charge in [0.1, 0.15) is 31.9 Å². The summed E-state index contributed by atoms with van der Waals surface area (Å²) in [5.74, 6) is 0.312. The molecule has 2 aromatic carbocycles. The second kappa shape index (κ2) is 11.3. The van der Waals surface area contributed by atoms with E-state index in [-0.39, 0.29) is 18.4 Å². The number of carbonyl (C=O) groups excluding carboxylic acids is 2. The molecule has 0 saturated carbocycles. The maximum Gasteiger partial charge on any atom is 0.416 e. The molecule has 0 aromatic heterocycles. The topological polar surface area (TPSA) is 89.3 Å². The third-order valence-corrected chi connectivity index (χ3v) is 6.57. The van der Waals surface area contributed by atoms with Gasteiger partial charge < -0.3 is 24.8 Å². The van der Waals surface area contributed by atoms with Crippen molar-refractivity contribution in [3.63, 3.8) is 0 Å². The standard InChI is InChI=1S/C26H29F3N2O5/c27-26(28,29)19-6-3-17(4-7-19)21(32)8-10-24(33)30-20(16-31-11-1-2-12-31)25(34)18-5-9-22-23(15-18)36-14-13-35-22/h3-7,9,15,20,25,34H,1-2,8,10-14,16H2,(H,30,33)/p+1/t20-,25+/m1/s1. The van der Waals surface area contributed by atoms with Crippen LogP contribution < -0.4 is 19.7 Å². The summed E-state index contributed by atoms with van der Waals surface area (Å²) in [4.78, 5) is 26.4. The molecular weight excluding hydrogens is 477 g/mol. The summed E-state index contributed by atoms with van der Waals surface area (Å²) >= 11 is 0. The number of quaternary nitrogens is 1. The fourth-order valence-electron chi connectivity index (χ4n) is 4.60. The van der Waals surface area contributed by atoms with Gasteiger partial charge in [-0.2, -0.15) is 13.2 Å². The number of halogens is 3. The molecule has 36 heavy (non-hydrogen) atoms. The monoisotopic (exact) mass is 507 g/mol. The number of nitrogens with one attached hydrogen (secondary N) is 2. The Morgan fingerprint density at radius 1 is 0.972 bits per heavy atom. The minimum Gasteiger partial charge on any atom is -0.486 e. The highest BCUT2D eigenvalue weighted by atomic mass is 19.4. The highest BCUT2D eigenvalue weighted by Gasteiger charge is 2.31. The maximum absolute atomic E-state index is 12.7. The molecule has 2 heterocycles. The quantitative estimate of drug-likeness (QED) is 0.454. The van der Waals surface area contributed by atoms with Crippen LogP contribution in [-0.4, -0.2) is 55.7 Å². The lowest BCUT2D eigenvalue weighted by molar-refractivity contribution is -0.889. The van der Waals surface area contributed by atoms with E-state index >= 15 is 0 Å². The van der Waals surface area contributed by atoms with E-state index in [4.69, 9.17) is 9.47 Å². The number of amides is 1. The molecule has 1 fully saturated rings. The van der Waals surface area contributed by atoms with Crippen LogP contribution in [0.2, 0.25) is 0 Å². The van der Waals surface area contributed by atoms with E-state index in [2.05, 4.69) is 5.32 Å². The fraction of sp³-hybridized carbons (Fsp3) is 0.462. The van der Waals surface area contributed by atoms with Crippen LogP contribution in [0.15, 0.2) is 42.5 Å². The van der Waals surface area contributed by atoms with Crippen LogP contribution in [0.3, 0.4) is 0 Å². The number of carbonyl (C=O) groups is 2. The third-order valence-electron chi connectivity index (χ3n) is 6.57. The van der Waals surface area contributed by atoms with Gasteiger partial charge in [0.25, 0.3) is 0 Å². The van der Waals surface area contributed by atoms with Crippen molar-refractivity contribution in [3.05, 3.63) is 59.2 Å². The second-order valence-corrected chi connectivity index (χ2v) is 9.18. The van der Waals surface area contributed by atoms with E-state index in [9.17, 15) is 27.9 Å². The molecule has 4 rings (SSSR count). The molecular formula is C26H30F3N2O5+. The van der Waals surface area contributed by atoms with Crippen LogP contribution in [0, 0.1) is 0 Å². The van der Waals surface area contributed by atoms with Crippen molar-refractivity contribution in [3.8, 4) is 11.5 Å². The van der Waals surface area contributed by atoms with Gasteiger partial charge in [0.2, 0.25) is 5.91 Å². The number of ketones is 1. The molecule has 1 saturated heterocycles. The summed E-state index contributed by atoms with van der Waals surface area (Å²) in [6.45, 7) is 3.29. The summed E-state index contributed by atoms with van der Waals surface area (Å²) in [6.07, 6.45) is -3.61. The zero-order valence-electron chi connectivity index (χ0n) is 19.8. The van der Waals surface area contributed by atoms with Crippen molar-refractivity contribution in [1.29, 1.82) is 0 Å². The lowest BCUT2D eigenvalue weighted by atomic mass is 10.00. The van der Waals surface area contributed by atoms with E-state index in [1.54, 1.807) is 18.2 Å². The van der Waals surface area contributed by atoms with E-state index < -0.39 is 35.6 Å². The normalized spacial score (nSPS) is 17.4. The molecule has 0 unspecified atom stereocenters. The van der Waals surface area contributed by atoms with Gasteiger partial charge >= 0.3 is 6.18 Å². The van der Waals surface area contributed by atoms with Gasteiger partial charge in [-0.15, -0.1) is 0 Å². The number of likely N-dealkylation sites (tertiary alicyclic amines) is 1. The smallest absolute Gasteiger partial charge is 0.416 e. The van der Waals surface area contributed by atoms with E-state index in [0.717, 1.165) is 50.2 Å². The number of hydrogen-bond donors (Lipinski definition) is 3. The van der Waals surface area contributed by atoms with Crippen LogP contribution in [0.1, 0.15) is 53.3 Å². The SMILES string of the molecule is O=C(CCC(=O)c1ccc(C(F)(F)F)cc1)N[C@H](C[NH+]1CCCC1)[C@@H](O)c1ccc2c(c1)OCCO2. The Morgan fingerprint density at radius 3 is 2.31 bits per heavy atom. The first kappa shape index (κ1) is 26.0. The number of benzene rings is 2. The first-order valence-electron chi connectivity index (χ1n) is 12.1. The average Bonchev–Trinajstić information content (AvgIpc) is 3.39. The van der Waals surface area contributed by atoms with Gasteiger partial charge in [0, 0.05) is 31.2 Å². The molecule has 2 atom stereocenters. The van der Waals surface area contributed by atoms with Crippen LogP contribution in [-0.2, 0) is 11.0 Å². The van der Waals surface area contributed by atoms with Crippen LogP contribution >= 0.6 is 0 Å². The molecule has 7 nitrogen and oxygen atoms in total. The van der Waals surface area contributed by atoms with Crippen LogP contribution in [0.4, 0.5) is 13.2 Å². The Hall–Kier alpha value is -3.11. The molecule has 2 aliphatic heterocycles. The van der Waals surface area contributed by atoms with Crippen LogP contribution in [0.5, 0.6) is 11.5 Å². The Kier molecular flexibility index (Phi) is 8.15. The number of hydrogen-bond acceptors (Lipinski definition) is 5. The molecule has 2 aliphatic rings. The molecule has 0 spiro atoms. The van der Waals surface area contributed by atoms with Crippen molar-refractivity contribution in [2.45, 2.75) is 44.0 Å². The number of rotatable bonds is 9. The summed E-state index contributed by atoms with van der Waals surface area (Å²) in [5.41, 5.74) is -0.133. The number of aliphatic hydroxyl groups is 1. The molecule has 2 aromatic rings. The molecule has 1 amide bonds. The number of Topliss-reactive ketones (excluding diaryl/α,β-unsaturated/α-hetero) is 1. The largest absolute Gasteiger partial charge is 0.486 e. The van der Waals surface area contributed by atoms with Gasteiger partial charge in [-0.25, -0.2) is 0 Å². The minimum absolute atomic E-state index is 0.116. The molecule has 0 bridgehead atoms. The summed E-state index contributed by atoms with van der Waals surface area (Å²) < 4.78 is 49.4. The molecule has 0 aliphatic carbocycles. The number of aliphatic hydroxyl groups excluding tert-OH is 1. The van der Waals surface area contributed by atoms with Gasteiger partial charge in [-0.1, -0.05) is 18.2 Å². The average molecular weight is 508 g/mol. The zero-order chi connectivity index (χ0) is 25.7. The van der Waals surface area contributed by atoms with Gasteiger partial charge in [0.05, 0.1) is 18.7 Å².